The summed E-state index contributed by atoms with van der Waals surface area (Å²) in [5.74, 6) is 1.94. The summed E-state index contributed by atoms with van der Waals surface area (Å²) in [6, 6.07) is 0. The number of ether oxygens (including phenoxy) is 1. The zero-order valence-corrected chi connectivity index (χ0v) is 11.1. The van der Waals surface area contributed by atoms with E-state index in [0.29, 0.717) is 23.7 Å². The summed E-state index contributed by atoms with van der Waals surface area (Å²) in [6.07, 6.45) is 0. The molecule has 2 aliphatic heterocycles. The van der Waals surface area contributed by atoms with Gasteiger partial charge in [-0.05, 0) is 24.9 Å². The van der Waals surface area contributed by atoms with Crippen LogP contribution < -0.4 is 5.32 Å². The molecule has 18 heavy (non-hydrogen) atoms. The molecule has 1 amide bonds. The second kappa shape index (κ2) is 5.15. The van der Waals surface area contributed by atoms with Crippen LogP contribution in [-0.4, -0.2) is 75.2 Å². The molecule has 3 fully saturated rings. The summed E-state index contributed by atoms with van der Waals surface area (Å²) in [5, 5.41) is 3.34. The lowest BCUT2D eigenvalue weighted by atomic mass is 10.2. The van der Waals surface area contributed by atoms with Crippen molar-refractivity contribution in [3.05, 3.63) is 0 Å². The minimum atomic E-state index is 0.320. The first-order valence-electron chi connectivity index (χ1n) is 7.03. The number of hydrogen-bond acceptors (Lipinski definition) is 4. The fourth-order valence-corrected chi connectivity index (χ4v) is 3.27. The molecule has 0 aromatic carbocycles. The van der Waals surface area contributed by atoms with Crippen LogP contribution in [0.1, 0.15) is 0 Å². The van der Waals surface area contributed by atoms with Crippen molar-refractivity contribution >= 4 is 5.91 Å². The zero-order valence-electron chi connectivity index (χ0n) is 11.1. The monoisotopic (exact) mass is 253 g/mol. The molecule has 0 aromatic heterocycles. The van der Waals surface area contributed by atoms with E-state index in [2.05, 4.69) is 10.2 Å². The maximum absolute atomic E-state index is 12.2. The van der Waals surface area contributed by atoms with E-state index in [9.17, 15) is 4.79 Å². The Bertz CT molecular complexity index is 307. The maximum atomic E-state index is 12.2. The molecule has 2 heterocycles. The van der Waals surface area contributed by atoms with Gasteiger partial charge in [-0.2, -0.15) is 0 Å². The van der Waals surface area contributed by atoms with Gasteiger partial charge < -0.3 is 15.0 Å². The Morgan fingerprint density at radius 3 is 2.67 bits per heavy atom. The van der Waals surface area contributed by atoms with Crippen LogP contribution in [0.25, 0.3) is 0 Å². The summed E-state index contributed by atoms with van der Waals surface area (Å²) >= 11 is 0. The molecule has 102 valence electrons. The number of rotatable bonds is 4. The van der Waals surface area contributed by atoms with Gasteiger partial charge in [0.1, 0.15) is 0 Å². The highest BCUT2D eigenvalue weighted by Crippen LogP contribution is 2.49. The Morgan fingerprint density at radius 1 is 1.33 bits per heavy atom. The molecule has 2 saturated heterocycles. The van der Waals surface area contributed by atoms with Gasteiger partial charge in [0, 0.05) is 39.1 Å². The molecular formula is C13H23N3O2. The Hall–Kier alpha value is -0.650. The van der Waals surface area contributed by atoms with Gasteiger partial charge in [-0.25, -0.2) is 0 Å². The number of morpholine rings is 1. The first-order valence-corrected chi connectivity index (χ1v) is 7.03. The van der Waals surface area contributed by atoms with Gasteiger partial charge >= 0.3 is 0 Å². The number of hydrogen-bond donors (Lipinski definition) is 1. The number of piperidine rings is 1. The van der Waals surface area contributed by atoms with Gasteiger partial charge in [-0.1, -0.05) is 0 Å². The topological polar surface area (TPSA) is 44.8 Å². The fourth-order valence-electron chi connectivity index (χ4n) is 3.27. The lowest BCUT2D eigenvalue weighted by molar-refractivity contribution is -0.132. The molecule has 1 N–H and O–H groups in total. The molecule has 0 bridgehead atoms. The zero-order chi connectivity index (χ0) is 12.5. The lowest BCUT2D eigenvalue weighted by Gasteiger charge is -2.28. The van der Waals surface area contributed by atoms with Crippen molar-refractivity contribution in [2.75, 3.05) is 59.5 Å². The molecule has 1 saturated carbocycles. The van der Waals surface area contributed by atoms with E-state index in [1.807, 2.05) is 11.9 Å². The van der Waals surface area contributed by atoms with Crippen LogP contribution in [0.2, 0.25) is 0 Å². The third-order valence-electron chi connectivity index (χ3n) is 4.61. The van der Waals surface area contributed by atoms with Gasteiger partial charge in [0.2, 0.25) is 5.91 Å². The summed E-state index contributed by atoms with van der Waals surface area (Å²) in [6.45, 7) is 7.57. The van der Waals surface area contributed by atoms with Gasteiger partial charge in [0.15, 0.2) is 0 Å². The third kappa shape index (κ3) is 2.39. The molecular weight excluding hydrogens is 230 g/mol. The van der Waals surface area contributed by atoms with E-state index < -0.39 is 0 Å². The molecule has 3 rings (SSSR count). The molecule has 3 atom stereocenters. The number of nitrogens with zero attached hydrogens (tertiary/aromatic N) is 2. The minimum absolute atomic E-state index is 0.320. The van der Waals surface area contributed by atoms with E-state index in [1.165, 1.54) is 0 Å². The number of likely N-dealkylation sites (N-methyl/N-ethyl adjacent to an activating group) is 1. The first-order chi connectivity index (χ1) is 8.77. The Balaban J connectivity index is 1.41. The molecule has 1 unspecified atom stereocenters. The summed E-state index contributed by atoms with van der Waals surface area (Å²) < 4.78 is 5.32. The van der Waals surface area contributed by atoms with Gasteiger partial charge in [-0.15, -0.1) is 0 Å². The SMILES string of the molecule is CN(CCN1CCOCC1)C(=O)C1[C@H]2CNC[C@@H]12. The highest BCUT2D eigenvalue weighted by atomic mass is 16.5. The number of nitrogens with one attached hydrogen (secondary N) is 1. The first kappa shape index (κ1) is 12.4. The third-order valence-corrected chi connectivity index (χ3v) is 4.61. The smallest absolute Gasteiger partial charge is 0.226 e. The molecule has 0 radical (unpaired) electrons. The van der Waals surface area contributed by atoms with Crippen molar-refractivity contribution in [2.24, 2.45) is 17.8 Å². The van der Waals surface area contributed by atoms with Crippen molar-refractivity contribution in [1.29, 1.82) is 0 Å². The van der Waals surface area contributed by atoms with Crippen LogP contribution in [0.4, 0.5) is 0 Å². The summed E-state index contributed by atoms with van der Waals surface area (Å²) in [7, 11) is 1.95. The molecule has 3 aliphatic rings. The van der Waals surface area contributed by atoms with Gasteiger partial charge in [0.05, 0.1) is 13.2 Å². The fraction of sp³-hybridized carbons (Fsp3) is 0.923. The van der Waals surface area contributed by atoms with Crippen LogP contribution >= 0.6 is 0 Å². The van der Waals surface area contributed by atoms with E-state index in [1.54, 1.807) is 0 Å². The van der Waals surface area contributed by atoms with Crippen molar-refractivity contribution in [2.45, 2.75) is 0 Å². The number of carbonyl (C=O) groups is 1. The van der Waals surface area contributed by atoms with Crippen molar-refractivity contribution in [1.82, 2.24) is 15.1 Å². The van der Waals surface area contributed by atoms with Crippen molar-refractivity contribution in [3.8, 4) is 0 Å². The summed E-state index contributed by atoms with van der Waals surface area (Å²) in [5.41, 5.74) is 0. The number of carbonyl (C=O) groups excluding carboxylic acids is 1. The van der Waals surface area contributed by atoms with E-state index in [4.69, 9.17) is 4.74 Å². The highest BCUT2D eigenvalue weighted by molar-refractivity contribution is 5.82. The Labute approximate surface area is 108 Å². The largest absolute Gasteiger partial charge is 0.379 e. The second-order valence-electron chi connectivity index (χ2n) is 5.73. The average molecular weight is 253 g/mol. The van der Waals surface area contributed by atoms with Crippen LogP contribution in [0.3, 0.4) is 0 Å². The van der Waals surface area contributed by atoms with Gasteiger partial charge in [-0.3, -0.25) is 9.69 Å². The lowest BCUT2D eigenvalue weighted by Crippen LogP contribution is -2.42. The predicted octanol–water partition coefficient (Wildman–Crippen LogP) is -0.758. The Kier molecular flexibility index (Phi) is 3.54. The van der Waals surface area contributed by atoms with Crippen molar-refractivity contribution < 1.29 is 9.53 Å². The molecule has 1 aliphatic carbocycles. The standard InChI is InChI=1S/C13H23N3O2/c1-15(2-3-16-4-6-18-7-5-16)13(17)12-10-8-14-9-11(10)12/h10-12,14H,2-9H2,1H3/t10-,11+,12?. The predicted molar refractivity (Wildman–Crippen MR) is 68.2 cm³/mol. The van der Waals surface area contributed by atoms with Crippen LogP contribution in [0.5, 0.6) is 0 Å². The highest BCUT2D eigenvalue weighted by Gasteiger charge is 2.57. The quantitative estimate of drug-likeness (QED) is 0.715. The minimum Gasteiger partial charge on any atom is -0.379 e. The van der Waals surface area contributed by atoms with Crippen molar-refractivity contribution in [3.63, 3.8) is 0 Å². The van der Waals surface area contributed by atoms with E-state index >= 15 is 0 Å². The van der Waals surface area contributed by atoms with E-state index in [-0.39, 0.29) is 0 Å². The maximum Gasteiger partial charge on any atom is 0.226 e. The number of fused-ring (bicyclic) bond motifs is 1. The van der Waals surface area contributed by atoms with Crippen LogP contribution in [0.15, 0.2) is 0 Å². The van der Waals surface area contributed by atoms with Gasteiger partial charge in [0.25, 0.3) is 0 Å². The molecule has 0 aromatic rings. The normalized spacial score (nSPS) is 35.3. The summed E-state index contributed by atoms with van der Waals surface area (Å²) in [4.78, 5) is 16.6. The molecule has 5 heteroatoms. The Morgan fingerprint density at radius 2 is 2.00 bits per heavy atom. The van der Waals surface area contributed by atoms with Crippen LogP contribution in [0, 0.1) is 17.8 Å². The molecule has 0 spiro atoms. The molecule has 5 nitrogen and oxygen atoms in total. The van der Waals surface area contributed by atoms with Crippen LogP contribution in [-0.2, 0) is 9.53 Å². The number of amides is 1. The average Bonchev–Trinajstić information content (AvgIpc) is 2.88. The van der Waals surface area contributed by atoms with E-state index in [0.717, 1.165) is 52.5 Å². The second-order valence-corrected chi connectivity index (χ2v) is 5.73.